The van der Waals surface area contributed by atoms with Crippen LogP contribution >= 0.6 is 0 Å². The summed E-state index contributed by atoms with van der Waals surface area (Å²) >= 11 is 0. The number of hydrogen-bond donors (Lipinski definition) is 0. The quantitative estimate of drug-likeness (QED) is 0.0906. The monoisotopic (exact) mass is 497 g/mol. The molecule has 34 heavy (non-hydrogen) atoms. The average molecular weight is 498 g/mol. The molecule has 0 aliphatic carbocycles. The fourth-order valence-corrected chi connectivity index (χ4v) is 4.78. The van der Waals surface area contributed by atoms with Gasteiger partial charge in [0.05, 0.1) is 19.3 Å². The van der Waals surface area contributed by atoms with E-state index in [1.807, 2.05) is 11.9 Å². The number of nitrogens with zero attached hydrogens (tertiary/aromatic N) is 1. The van der Waals surface area contributed by atoms with E-state index >= 15 is 0 Å². The molecule has 0 spiro atoms. The second-order valence-electron chi connectivity index (χ2n) is 11.5. The number of methoxy groups -OCH3 is 1. The summed E-state index contributed by atoms with van der Waals surface area (Å²) < 4.78 is 11.7. The van der Waals surface area contributed by atoms with Crippen molar-refractivity contribution in [3.8, 4) is 0 Å². The first-order valence-electron chi connectivity index (χ1n) is 14.1. The van der Waals surface area contributed by atoms with Crippen molar-refractivity contribution in [2.24, 2.45) is 0 Å². The lowest BCUT2D eigenvalue weighted by molar-refractivity contribution is -0.133. The van der Waals surface area contributed by atoms with E-state index in [-0.39, 0.29) is 17.0 Å². The lowest BCUT2D eigenvalue weighted by Gasteiger charge is -2.38. The molecule has 0 aromatic carbocycles. The summed E-state index contributed by atoms with van der Waals surface area (Å²) in [5.74, 6) is 0.167. The Morgan fingerprint density at radius 1 is 0.853 bits per heavy atom. The van der Waals surface area contributed by atoms with Gasteiger partial charge in [-0.15, -0.1) is 0 Å². The lowest BCUT2D eigenvalue weighted by atomic mass is 10.1. The molecule has 0 rings (SSSR count). The Bertz CT molecular complexity index is 528. The molecule has 0 fully saturated rings. The second kappa shape index (κ2) is 19.5. The highest BCUT2D eigenvalue weighted by Gasteiger charge is 2.38. The van der Waals surface area contributed by atoms with E-state index in [1.54, 1.807) is 7.11 Å². The molecular weight excluding hydrogens is 438 g/mol. The summed E-state index contributed by atoms with van der Waals surface area (Å²) in [6, 6.07) is -0.0352. The van der Waals surface area contributed by atoms with Gasteiger partial charge in [0.2, 0.25) is 5.91 Å². The topological polar surface area (TPSA) is 38.8 Å². The van der Waals surface area contributed by atoms with Crippen LogP contribution in [-0.4, -0.2) is 52.5 Å². The number of rotatable bonds is 21. The minimum Gasteiger partial charge on any atom is -0.415 e. The zero-order valence-corrected chi connectivity index (χ0v) is 25.2. The first-order chi connectivity index (χ1) is 16.1. The fraction of sp³-hybridized carbons (Fsp3) is 0.897. The van der Waals surface area contributed by atoms with E-state index in [4.69, 9.17) is 9.16 Å². The molecule has 0 aliphatic heterocycles. The number of allylic oxidation sites excluding steroid dienone is 2. The van der Waals surface area contributed by atoms with Gasteiger partial charge in [0, 0.05) is 20.6 Å². The maximum absolute atomic E-state index is 12.7. The largest absolute Gasteiger partial charge is 0.415 e. The highest BCUT2D eigenvalue weighted by Crippen LogP contribution is 2.36. The van der Waals surface area contributed by atoms with Gasteiger partial charge in [0.15, 0.2) is 8.32 Å². The van der Waals surface area contributed by atoms with Crippen LogP contribution in [0.15, 0.2) is 12.2 Å². The minimum atomic E-state index is -1.85. The summed E-state index contributed by atoms with van der Waals surface area (Å²) in [6.07, 6.45) is 22.1. The molecule has 1 amide bonds. The van der Waals surface area contributed by atoms with Crippen LogP contribution in [0.5, 0.6) is 0 Å². The van der Waals surface area contributed by atoms with E-state index < -0.39 is 8.32 Å². The van der Waals surface area contributed by atoms with Gasteiger partial charge in [0.25, 0.3) is 0 Å². The zero-order chi connectivity index (χ0) is 25.9. The maximum Gasteiger partial charge on any atom is 0.223 e. The third-order valence-electron chi connectivity index (χ3n) is 7.41. The summed E-state index contributed by atoms with van der Waals surface area (Å²) in [7, 11) is 1.73. The van der Waals surface area contributed by atoms with Gasteiger partial charge in [-0.2, -0.15) is 0 Å². The third kappa shape index (κ3) is 16.1. The molecule has 0 heterocycles. The molecule has 0 saturated heterocycles. The molecule has 0 bridgehead atoms. The third-order valence-corrected chi connectivity index (χ3v) is 11.9. The number of amides is 1. The Hall–Kier alpha value is -0.653. The highest BCUT2D eigenvalue weighted by atomic mass is 28.4. The van der Waals surface area contributed by atoms with Crippen LogP contribution in [0.2, 0.25) is 18.1 Å². The van der Waals surface area contributed by atoms with E-state index in [0.717, 1.165) is 12.8 Å². The van der Waals surface area contributed by atoms with Gasteiger partial charge >= 0.3 is 0 Å². The number of unbranched alkanes of at least 4 members (excludes halogenated alkanes) is 11. The van der Waals surface area contributed by atoms with Crippen molar-refractivity contribution in [2.45, 2.75) is 142 Å². The minimum absolute atomic E-state index is 0.0352. The van der Waals surface area contributed by atoms with E-state index in [9.17, 15) is 4.79 Å². The summed E-state index contributed by atoms with van der Waals surface area (Å²) in [4.78, 5) is 14.5. The van der Waals surface area contributed by atoms with Crippen LogP contribution in [0.1, 0.15) is 118 Å². The van der Waals surface area contributed by atoms with E-state index in [1.165, 1.54) is 70.6 Å². The van der Waals surface area contributed by atoms with Crippen LogP contribution in [0.4, 0.5) is 0 Å². The highest BCUT2D eigenvalue weighted by molar-refractivity contribution is 6.74. The van der Waals surface area contributed by atoms with Crippen LogP contribution < -0.4 is 0 Å². The summed E-state index contributed by atoms with van der Waals surface area (Å²) in [5.41, 5.74) is 0. The fourth-order valence-electron chi connectivity index (χ4n) is 3.73. The molecule has 0 radical (unpaired) electrons. The Morgan fingerprint density at radius 2 is 1.35 bits per heavy atom. The van der Waals surface area contributed by atoms with Gasteiger partial charge in [-0.05, 0) is 37.4 Å². The molecule has 4 nitrogen and oxygen atoms in total. The summed E-state index contributed by atoms with van der Waals surface area (Å²) in [6.45, 7) is 14.5. The molecule has 5 heteroatoms. The molecule has 0 aliphatic rings. The number of hydrogen-bond acceptors (Lipinski definition) is 3. The van der Waals surface area contributed by atoms with Crippen molar-refractivity contribution in [1.29, 1.82) is 0 Å². The molecule has 0 saturated carbocycles. The van der Waals surface area contributed by atoms with Crippen LogP contribution in [0, 0.1) is 0 Å². The lowest BCUT2D eigenvalue weighted by Crippen LogP contribution is -2.48. The van der Waals surface area contributed by atoms with Crippen LogP contribution in [-0.2, 0) is 14.0 Å². The van der Waals surface area contributed by atoms with Gasteiger partial charge in [-0.3, -0.25) is 4.79 Å². The predicted octanol–water partition coefficient (Wildman–Crippen LogP) is 8.52. The molecule has 0 unspecified atom stereocenters. The summed E-state index contributed by atoms with van der Waals surface area (Å²) in [5, 5.41) is 0.159. The first kappa shape index (κ1) is 33.3. The molecule has 202 valence electrons. The Morgan fingerprint density at radius 3 is 1.85 bits per heavy atom. The van der Waals surface area contributed by atoms with Crippen LogP contribution in [0.25, 0.3) is 0 Å². The Labute approximate surface area is 214 Å². The molecule has 0 N–H and O–H groups in total. The standard InChI is InChI=1S/C29H59NO3Si/c1-9-10-11-12-13-14-15-16-17-18-19-20-21-22-23-24-28(31)30(5)27(25-32-6)26-33-34(7,8)29(2,3)4/h21-22,27H,9-20,23-26H2,1-8H3/b22-21+/t27-/m0/s1. The van der Waals surface area contributed by atoms with E-state index in [0.29, 0.717) is 19.6 Å². The predicted molar refractivity (Wildman–Crippen MR) is 151 cm³/mol. The molecule has 1 atom stereocenters. The van der Waals surface area contributed by atoms with E-state index in [2.05, 4.69) is 52.9 Å². The molecule has 0 aromatic heterocycles. The van der Waals surface area contributed by atoms with Crippen molar-refractivity contribution in [3.63, 3.8) is 0 Å². The van der Waals surface area contributed by atoms with Crippen molar-refractivity contribution >= 4 is 14.2 Å². The number of ether oxygens (including phenoxy) is 1. The SMILES string of the molecule is CCCCCCCCCCCCC/C=C/CCC(=O)N(C)[C@@H](COC)CO[Si](C)(C)C(C)(C)C. The average Bonchev–Trinajstić information content (AvgIpc) is 2.77. The van der Waals surface area contributed by atoms with Crippen LogP contribution in [0.3, 0.4) is 0 Å². The zero-order valence-electron chi connectivity index (χ0n) is 24.2. The number of likely N-dealkylation sites (N-methyl/N-ethyl adjacent to an activating group) is 1. The van der Waals surface area contributed by atoms with Gasteiger partial charge in [-0.1, -0.05) is 104 Å². The number of carbonyl (C=O) groups excluding carboxylic acids is 1. The maximum atomic E-state index is 12.7. The van der Waals surface area contributed by atoms with Gasteiger partial charge in [0.1, 0.15) is 0 Å². The number of carbonyl (C=O) groups is 1. The van der Waals surface area contributed by atoms with Crippen molar-refractivity contribution in [2.75, 3.05) is 27.4 Å². The van der Waals surface area contributed by atoms with Gasteiger partial charge < -0.3 is 14.1 Å². The molecular formula is C29H59NO3Si. The van der Waals surface area contributed by atoms with Gasteiger partial charge in [-0.25, -0.2) is 0 Å². The smallest absolute Gasteiger partial charge is 0.223 e. The normalized spacial score (nSPS) is 13.5. The second-order valence-corrected chi connectivity index (χ2v) is 16.3. The van der Waals surface area contributed by atoms with Crippen molar-refractivity contribution in [1.82, 2.24) is 4.90 Å². The van der Waals surface area contributed by atoms with Crippen molar-refractivity contribution in [3.05, 3.63) is 12.2 Å². The Balaban J connectivity index is 3.99. The molecule has 0 aromatic rings. The first-order valence-corrected chi connectivity index (χ1v) is 17.0. The Kier molecular flexibility index (Phi) is 19.2. The van der Waals surface area contributed by atoms with Crippen molar-refractivity contribution < 1.29 is 14.0 Å².